The van der Waals surface area contributed by atoms with Crippen LogP contribution < -0.4 is 15.9 Å². The van der Waals surface area contributed by atoms with Crippen LogP contribution in [0, 0.1) is 0 Å². The van der Waals surface area contributed by atoms with E-state index in [2.05, 4.69) is 156 Å². The average molecular weight is 745 g/mol. The maximum Gasteiger partial charge on any atom is 0.171 e. The Morgan fingerprint density at radius 3 is 1.81 bits per heavy atom. The van der Waals surface area contributed by atoms with Gasteiger partial charge in [0, 0.05) is 32.1 Å². The van der Waals surface area contributed by atoms with Crippen molar-refractivity contribution in [1.29, 1.82) is 0 Å². The van der Waals surface area contributed by atoms with Crippen molar-refractivity contribution in [3.8, 4) is 11.1 Å². The Morgan fingerprint density at radius 2 is 0.947 bits per heavy atom. The van der Waals surface area contributed by atoms with Gasteiger partial charge < -0.3 is 4.57 Å². The fourth-order valence-electron chi connectivity index (χ4n) is 9.18. The Kier molecular flexibility index (Phi) is 6.90. The zero-order valence-corrected chi connectivity index (χ0v) is 31.7. The van der Waals surface area contributed by atoms with Crippen LogP contribution in [-0.4, -0.2) is 9.38 Å². The van der Waals surface area contributed by atoms with Crippen LogP contribution in [0.25, 0.3) is 92.6 Å². The lowest BCUT2D eigenvalue weighted by Crippen LogP contribution is -2.25. The smallest absolute Gasteiger partial charge is 0.171 e. The predicted octanol–water partition coefficient (Wildman–Crippen LogP) is 12.7. The number of nitrogens with zero attached hydrogens (tertiary/aromatic N) is 2. The molecule has 0 radical (unpaired) electrons. The molecule has 0 bridgehead atoms. The van der Waals surface area contributed by atoms with Crippen molar-refractivity contribution in [2.75, 3.05) is 0 Å². The molecule has 266 valence electrons. The molecule has 3 nitrogen and oxygen atoms in total. The highest BCUT2D eigenvalue weighted by Gasteiger charge is 2.30. The van der Waals surface area contributed by atoms with Crippen LogP contribution in [0.4, 0.5) is 0 Å². The van der Waals surface area contributed by atoms with Gasteiger partial charge in [-0.15, -0.1) is 0 Å². The van der Waals surface area contributed by atoms with Gasteiger partial charge in [-0.1, -0.05) is 164 Å². The van der Waals surface area contributed by atoms with Crippen molar-refractivity contribution in [3.63, 3.8) is 0 Å². The van der Waals surface area contributed by atoms with Crippen LogP contribution in [0.5, 0.6) is 0 Å². The summed E-state index contributed by atoms with van der Waals surface area (Å²) in [6.07, 6.45) is 0. The predicted molar refractivity (Wildman–Crippen MR) is 243 cm³/mol. The molecule has 0 saturated heterocycles. The lowest BCUT2D eigenvalue weighted by molar-refractivity contribution is 0.592. The molecule has 0 aliphatic carbocycles. The maximum atomic E-state index is 15.5. The van der Waals surface area contributed by atoms with E-state index in [9.17, 15) is 0 Å². The first-order valence-corrected chi connectivity index (χ1v) is 21.1. The van der Waals surface area contributed by atoms with Gasteiger partial charge in [-0.3, -0.25) is 4.40 Å². The fourth-order valence-corrected chi connectivity index (χ4v) is 11.9. The van der Waals surface area contributed by atoms with E-state index in [0.29, 0.717) is 0 Å². The number of para-hydroxylation sites is 2. The molecule has 57 heavy (non-hydrogen) atoms. The quantitative estimate of drug-likeness (QED) is 0.133. The molecule has 0 aliphatic heterocycles. The standard InChI is InChI=1S/C53H33N2OP/c56-57(41-12-2-1-3-13-41,42-25-22-34-10-4-5-11-36(34)31-42)43-26-29-45-40(32-43)21-20-39-30-37(24-27-44(39)45)38-19-18-35-23-28-47-46-14-6-7-15-48(46)53-54-50-16-8-9-17-51(50)55(53)52(47)49(35)33-38/h1-33H. The molecule has 0 spiro atoms. The highest BCUT2D eigenvalue weighted by molar-refractivity contribution is 7.85. The van der Waals surface area contributed by atoms with Gasteiger partial charge in [0.25, 0.3) is 0 Å². The van der Waals surface area contributed by atoms with Gasteiger partial charge in [0.1, 0.15) is 5.65 Å². The Morgan fingerprint density at radius 1 is 0.368 bits per heavy atom. The highest BCUT2D eigenvalue weighted by atomic mass is 31.2. The Balaban J connectivity index is 1.01. The minimum Gasteiger partial charge on any atom is -0.309 e. The molecule has 1 unspecified atom stereocenters. The van der Waals surface area contributed by atoms with E-state index < -0.39 is 7.14 Å². The zero-order chi connectivity index (χ0) is 37.7. The van der Waals surface area contributed by atoms with Gasteiger partial charge in [0.2, 0.25) is 0 Å². The molecule has 0 aliphatic rings. The number of pyridine rings is 1. The van der Waals surface area contributed by atoms with Gasteiger partial charge >= 0.3 is 0 Å². The van der Waals surface area contributed by atoms with Crippen molar-refractivity contribution in [2.24, 2.45) is 0 Å². The van der Waals surface area contributed by atoms with Crippen LogP contribution in [0.3, 0.4) is 0 Å². The topological polar surface area (TPSA) is 34.4 Å². The van der Waals surface area contributed by atoms with Crippen LogP contribution in [0.2, 0.25) is 0 Å². The van der Waals surface area contributed by atoms with E-state index >= 15 is 4.57 Å². The minimum atomic E-state index is -3.18. The number of imidazole rings is 1. The molecule has 0 saturated carbocycles. The monoisotopic (exact) mass is 744 g/mol. The summed E-state index contributed by atoms with van der Waals surface area (Å²) in [7, 11) is -3.18. The molecular weight excluding hydrogens is 712 g/mol. The molecule has 2 aromatic heterocycles. The molecule has 0 fully saturated rings. The van der Waals surface area contributed by atoms with Crippen LogP contribution in [0.1, 0.15) is 0 Å². The van der Waals surface area contributed by atoms with Crippen LogP contribution in [-0.2, 0) is 4.57 Å². The fraction of sp³-hybridized carbons (Fsp3) is 0. The molecule has 1 atom stereocenters. The number of aromatic nitrogens is 2. The van der Waals surface area contributed by atoms with Gasteiger partial charge in [0.15, 0.2) is 7.14 Å². The van der Waals surface area contributed by atoms with Crippen LogP contribution in [0.15, 0.2) is 200 Å². The first kappa shape index (κ1) is 32.2. The summed E-state index contributed by atoms with van der Waals surface area (Å²) < 4.78 is 17.9. The normalized spacial score (nSPS) is 13.1. The SMILES string of the molecule is O=P(c1ccccc1)(c1ccc2ccccc2c1)c1ccc2c(ccc3cc(-c4ccc5ccc6c7ccccc7c7nc8ccccc8n7c6c5c4)ccc32)c1. The van der Waals surface area contributed by atoms with E-state index in [4.69, 9.17) is 4.98 Å². The van der Waals surface area contributed by atoms with Crippen molar-refractivity contribution < 1.29 is 4.57 Å². The summed E-state index contributed by atoms with van der Waals surface area (Å²) in [5.41, 5.74) is 6.59. The molecule has 2 heterocycles. The molecule has 0 amide bonds. The van der Waals surface area contributed by atoms with E-state index in [1.54, 1.807) is 0 Å². The molecule has 12 rings (SSSR count). The second kappa shape index (κ2) is 12.2. The highest BCUT2D eigenvalue weighted by Crippen LogP contribution is 2.44. The lowest BCUT2D eigenvalue weighted by Gasteiger charge is -2.21. The molecule has 12 aromatic rings. The summed E-state index contributed by atoms with van der Waals surface area (Å²) in [6, 6.07) is 70.4. The Labute approximate surface area is 328 Å². The van der Waals surface area contributed by atoms with Crippen LogP contribution >= 0.6 is 7.14 Å². The number of hydrogen-bond acceptors (Lipinski definition) is 2. The van der Waals surface area contributed by atoms with Crippen molar-refractivity contribution >= 4 is 105 Å². The van der Waals surface area contributed by atoms with Gasteiger partial charge in [-0.2, -0.15) is 0 Å². The Hall–Kier alpha value is -7.06. The maximum absolute atomic E-state index is 15.5. The summed E-state index contributed by atoms with van der Waals surface area (Å²) in [6.45, 7) is 0. The third kappa shape index (κ3) is 4.80. The lowest BCUT2D eigenvalue weighted by atomic mass is 9.95. The summed E-state index contributed by atoms with van der Waals surface area (Å²) in [5.74, 6) is 0. The largest absolute Gasteiger partial charge is 0.309 e. The third-order valence-electron chi connectivity index (χ3n) is 12.0. The summed E-state index contributed by atoms with van der Waals surface area (Å²) >= 11 is 0. The molecule has 0 N–H and O–H groups in total. The second-order valence-corrected chi connectivity index (χ2v) is 17.9. The number of benzene rings is 10. The second-order valence-electron chi connectivity index (χ2n) is 15.1. The number of hydrogen-bond donors (Lipinski definition) is 0. The first-order chi connectivity index (χ1) is 28.1. The van der Waals surface area contributed by atoms with E-state index in [1.807, 2.05) is 48.5 Å². The van der Waals surface area contributed by atoms with Crippen molar-refractivity contribution in [1.82, 2.24) is 9.38 Å². The Bertz CT molecular complexity index is 3680. The van der Waals surface area contributed by atoms with E-state index in [1.165, 1.54) is 37.8 Å². The first-order valence-electron chi connectivity index (χ1n) is 19.4. The summed E-state index contributed by atoms with van der Waals surface area (Å²) in [5, 5.41) is 15.3. The van der Waals surface area contributed by atoms with E-state index in [0.717, 1.165) is 70.7 Å². The third-order valence-corrected chi connectivity index (χ3v) is 15.0. The number of fused-ring (bicyclic) bond motifs is 14. The average Bonchev–Trinajstić information content (AvgIpc) is 3.68. The molecule has 4 heteroatoms. The van der Waals surface area contributed by atoms with Gasteiger partial charge in [0.05, 0.1) is 16.6 Å². The van der Waals surface area contributed by atoms with E-state index in [-0.39, 0.29) is 0 Å². The van der Waals surface area contributed by atoms with Crippen molar-refractivity contribution in [3.05, 3.63) is 200 Å². The van der Waals surface area contributed by atoms with Crippen molar-refractivity contribution in [2.45, 2.75) is 0 Å². The molecular formula is C53H33N2OP. The van der Waals surface area contributed by atoms with Gasteiger partial charge in [-0.25, -0.2) is 4.98 Å². The van der Waals surface area contributed by atoms with Gasteiger partial charge in [-0.05, 0) is 90.6 Å². The minimum absolute atomic E-state index is 0.836. The summed E-state index contributed by atoms with van der Waals surface area (Å²) in [4.78, 5) is 5.15. The number of rotatable bonds is 4. The zero-order valence-electron chi connectivity index (χ0n) is 30.8. The molecule has 10 aromatic carbocycles.